The molecule has 2 heterocycles. The number of rotatable bonds is 5. The molecule has 0 saturated carbocycles. The maximum atomic E-state index is 6.15. The average molecular weight is 358 g/mol. The Bertz CT molecular complexity index is 758. The third kappa shape index (κ3) is 3.86. The molecule has 0 aliphatic carbocycles. The molecule has 3 aromatic rings. The molecule has 6 heteroatoms. The van der Waals surface area contributed by atoms with Gasteiger partial charge in [-0.1, -0.05) is 29.3 Å². The Hall–Kier alpha value is -1.42. The largest absolute Gasteiger partial charge is 0.490 e. The van der Waals surface area contributed by atoms with Crippen molar-refractivity contribution in [1.82, 2.24) is 9.38 Å². The Morgan fingerprint density at radius 2 is 2.00 bits per heavy atom. The molecule has 0 aliphatic heterocycles. The van der Waals surface area contributed by atoms with Gasteiger partial charge < -0.3 is 9.14 Å². The van der Waals surface area contributed by atoms with Crippen molar-refractivity contribution in [1.29, 1.82) is 0 Å². The normalized spacial score (nSPS) is 10.5. The van der Waals surface area contributed by atoms with E-state index in [1.54, 1.807) is 12.3 Å². The number of imidazole rings is 1. The van der Waals surface area contributed by atoms with Crippen LogP contribution in [0.3, 0.4) is 0 Å². The van der Waals surface area contributed by atoms with Gasteiger partial charge in [0.15, 0.2) is 11.4 Å². The quantitative estimate of drug-likeness (QED) is 0.596. The van der Waals surface area contributed by atoms with Gasteiger partial charge in [-0.3, -0.25) is 0 Å². The molecule has 0 radical (unpaired) electrons. The van der Waals surface area contributed by atoms with Gasteiger partial charge in [0.1, 0.15) is 0 Å². The van der Waals surface area contributed by atoms with E-state index < -0.39 is 0 Å². The number of hydrogen-bond donors (Lipinski definition) is 0. The number of nitrogens with zero attached hydrogens (tertiary/aromatic N) is 2. The van der Waals surface area contributed by atoms with Gasteiger partial charge in [0, 0.05) is 28.6 Å². The lowest BCUT2D eigenvalue weighted by molar-refractivity contribution is 0.313. The third-order valence-corrected chi connectivity index (χ3v) is 3.83. The first-order valence-electron chi connectivity index (χ1n) is 6.72. The molecule has 3 nitrogen and oxygen atoms in total. The third-order valence-electron chi connectivity index (χ3n) is 3.25. The minimum absolute atomic E-state index is 0. The molecule has 3 rings (SSSR count). The minimum atomic E-state index is 0. The van der Waals surface area contributed by atoms with Crippen LogP contribution in [0, 0.1) is 0 Å². The topological polar surface area (TPSA) is 26.5 Å². The number of pyridine rings is 1. The first kappa shape index (κ1) is 16.9. The summed E-state index contributed by atoms with van der Waals surface area (Å²) in [6.07, 6.45) is 7.34. The van der Waals surface area contributed by atoms with Crippen LogP contribution in [0.1, 0.15) is 12.0 Å². The van der Waals surface area contributed by atoms with Crippen molar-refractivity contribution in [3.8, 4) is 5.75 Å². The zero-order valence-corrected chi connectivity index (χ0v) is 14.0. The highest BCUT2D eigenvalue weighted by Gasteiger charge is 2.04. The van der Waals surface area contributed by atoms with Crippen LogP contribution in [0.2, 0.25) is 10.0 Å². The summed E-state index contributed by atoms with van der Waals surface area (Å²) in [7, 11) is 0. The van der Waals surface area contributed by atoms with Gasteiger partial charge in [-0.25, -0.2) is 4.98 Å². The fraction of sp³-hybridized carbons (Fsp3) is 0.188. The second kappa shape index (κ2) is 7.73. The lowest BCUT2D eigenvalue weighted by atomic mass is 10.1. The van der Waals surface area contributed by atoms with E-state index in [2.05, 4.69) is 4.98 Å². The van der Waals surface area contributed by atoms with E-state index in [9.17, 15) is 0 Å². The molecule has 0 bridgehead atoms. The molecule has 2 aromatic heterocycles. The Kier molecular flexibility index (Phi) is 5.95. The zero-order valence-electron chi connectivity index (χ0n) is 11.7. The highest BCUT2D eigenvalue weighted by Crippen LogP contribution is 2.22. The molecule has 0 atom stereocenters. The van der Waals surface area contributed by atoms with Crippen molar-refractivity contribution in [3.05, 3.63) is 64.5 Å². The van der Waals surface area contributed by atoms with Crippen molar-refractivity contribution in [3.63, 3.8) is 0 Å². The number of aromatic nitrogens is 2. The second-order valence-electron chi connectivity index (χ2n) is 4.72. The molecule has 0 spiro atoms. The maximum Gasteiger partial charge on any atom is 0.179 e. The summed E-state index contributed by atoms with van der Waals surface area (Å²) in [5.41, 5.74) is 1.92. The molecular formula is C16H15Cl3N2O. The van der Waals surface area contributed by atoms with Crippen LogP contribution in [-0.2, 0) is 6.42 Å². The molecule has 0 unspecified atom stereocenters. The smallest absolute Gasteiger partial charge is 0.179 e. The van der Waals surface area contributed by atoms with E-state index in [-0.39, 0.29) is 12.4 Å². The van der Waals surface area contributed by atoms with E-state index in [0.717, 1.165) is 29.8 Å². The van der Waals surface area contributed by atoms with Gasteiger partial charge in [-0.2, -0.15) is 0 Å². The molecule has 0 saturated heterocycles. The highest BCUT2D eigenvalue weighted by molar-refractivity contribution is 6.35. The van der Waals surface area contributed by atoms with Crippen LogP contribution < -0.4 is 4.74 Å². The predicted octanol–water partition coefficient (Wildman–Crippen LogP) is 5.07. The Morgan fingerprint density at radius 3 is 2.82 bits per heavy atom. The van der Waals surface area contributed by atoms with Gasteiger partial charge in [0.05, 0.1) is 6.61 Å². The number of fused-ring (bicyclic) bond motifs is 1. The van der Waals surface area contributed by atoms with E-state index in [1.807, 2.05) is 41.1 Å². The van der Waals surface area contributed by atoms with Gasteiger partial charge >= 0.3 is 0 Å². The zero-order chi connectivity index (χ0) is 14.7. The predicted molar refractivity (Wildman–Crippen MR) is 92.7 cm³/mol. The van der Waals surface area contributed by atoms with E-state index in [1.165, 1.54) is 0 Å². The van der Waals surface area contributed by atoms with Crippen molar-refractivity contribution in [2.24, 2.45) is 0 Å². The van der Waals surface area contributed by atoms with Gasteiger partial charge in [0.2, 0.25) is 0 Å². The summed E-state index contributed by atoms with van der Waals surface area (Å²) >= 11 is 12.0. The van der Waals surface area contributed by atoms with Gasteiger partial charge in [0.25, 0.3) is 0 Å². The van der Waals surface area contributed by atoms with Crippen LogP contribution in [0.4, 0.5) is 0 Å². The van der Waals surface area contributed by atoms with E-state index in [0.29, 0.717) is 16.7 Å². The maximum absolute atomic E-state index is 6.15. The number of benzene rings is 1. The van der Waals surface area contributed by atoms with E-state index in [4.69, 9.17) is 27.9 Å². The molecule has 0 amide bonds. The first-order valence-corrected chi connectivity index (χ1v) is 7.48. The number of halogens is 3. The van der Waals surface area contributed by atoms with Crippen LogP contribution in [-0.4, -0.2) is 16.0 Å². The van der Waals surface area contributed by atoms with Crippen LogP contribution in [0.5, 0.6) is 5.75 Å². The standard InChI is InChI=1S/C16H14Cl2N2O.ClH/c17-13-6-5-12(14(18)11-13)3-2-10-21-15-4-1-8-20-9-7-19-16(15)20;/h1,4-9,11H,2-3,10H2;1H. The first-order chi connectivity index (χ1) is 10.2. The van der Waals surface area contributed by atoms with Crippen LogP contribution in [0.25, 0.3) is 5.65 Å². The second-order valence-corrected chi connectivity index (χ2v) is 5.56. The summed E-state index contributed by atoms with van der Waals surface area (Å²) in [4.78, 5) is 4.28. The fourth-order valence-corrected chi connectivity index (χ4v) is 2.71. The molecule has 0 aliphatic rings. The van der Waals surface area contributed by atoms with Gasteiger partial charge in [-0.05, 0) is 42.7 Å². The summed E-state index contributed by atoms with van der Waals surface area (Å²) in [5, 5.41) is 1.36. The summed E-state index contributed by atoms with van der Waals surface area (Å²) in [6, 6.07) is 9.46. The lowest BCUT2D eigenvalue weighted by Gasteiger charge is -2.08. The number of aryl methyl sites for hydroxylation is 1. The molecule has 1 aromatic carbocycles. The number of ether oxygens (including phenoxy) is 1. The van der Waals surface area contributed by atoms with E-state index >= 15 is 0 Å². The van der Waals surface area contributed by atoms with Crippen molar-refractivity contribution in [2.45, 2.75) is 12.8 Å². The summed E-state index contributed by atoms with van der Waals surface area (Å²) < 4.78 is 7.75. The highest BCUT2D eigenvalue weighted by atomic mass is 35.5. The molecule has 22 heavy (non-hydrogen) atoms. The van der Waals surface area contributed by atoms with Crippen LogP contribution in [0.15, 0.2) is 48.9 Å². The minimum Gasteiger partial charge on any atom is -0.490 e. The molecule has 0 fully saturated rings. The van der Waals surface area contributed by atoms with Crippen molar-refractivity contribution in [2.75, 3.05) is 6.61 Å². The van der Waals surface area contributed by atoms with Crippen molar-refractivity contribution >= 4 is 41.3 Å². The molecule has 116 valence electrons. The monoisotopic (exact) mass is 356 g/mol. The van der Waals surface area contributed by atoms with Crippen LogP contribution >= 0.6 is 35.6 Å². The Labute approximate surface area is 145 Å². The Morgan fingerprint density at radius 1 is 1.14 bits per heavy atom. The lowest BCUT2D eigenvalue weighted by Crippen LogP contribution is -2.01. The number of hydrogen-bond acceptors (Lipinski definition) is 2. The van der Waals surface area contributed by atoms with Gasteiger partial charge in [-0.15, -0.1) is 12.4 Å². The Balaban J connectivity index is 0.00000176. The van der Waals surface area contributed by atoms with Crippen molar-refractivity contribution < 1.29 is 4.74 Å². The SMILES string of the molecule is Cl.Clc1ccc(CCCOc2cccn3ccnc23)c(Cl)c1. The average Bonchev–Trinajstić information content (AvgIpc) is 2.94. The molecular weight excluding hydrogens is 343 g/mol. The summed E-state index contributed by atoms with van der Waals surface area (Å²) in [5.74, 6) is 0.796. The fourth-order valence-electron chi connectivity index (χ4n) is 2.20. The molecule has 0 N–H and O–H groups in total. The summed E-state index contributed by atoms with van der Waals surface area (Å²) in [6.45, 7) is 0.617.